The third-order valence-corrected chi connectivity index (χ3v) is 3.45. The van der Waals surface area contributed by atoms with Crippen molar-refractivity contribution in [1.29, 1.82) is 0 Å². The van der Waals surface area contributed by atoms with Gasteiger partial charge in [0.25, 0.3) is 5.91 Å². The van der Waals surface area contributed by atoms with Crippen LogP contribution in [0.5, 0.6) is 0 Å². The monoisotopic (exact) mass is 381 g/mol. The highest BCUT2D eigenvalue weighted by atomic mass is 19.1. The van der Waals surface area contributed by atoms with E-state index in [2.05, 4.69) is 0 Å². The fourth-order valence-corrected chi connectivity index (χ4v) is 2.15. The molecule has 0 unspecified atom stereocenters. The van der Waals surface area contributed by atoms with Gasteiger partial charge in [-0.25, -0.2) is 18.0 Å². The van der Waals surface area contributed by atoms with Gasteiger partial charge in [-0.2, -0.15) is 0 Å². The summed E-state index contributed by atoms with van der Waals surface area (Å²) in [6.07, 6.45) is -0.766. The molecular formula is C18H14F3NO5. The van der Waals surface area contributed by atoms with Crippen LogP contribution in [0.1, 0.15) is 22.3 Å². The molecule has 0 aliphatic rings. The summed E-state index contributed by atoms with van der Waals surface area (Å²) in [5.41, 5.74) is -0.488. The topological polar surface area (TPSA) is 92.7 Å². The molecule has 9 heteroatoms. The van der Waals surface area contributed by atoms with Gasteiger partial charge in [-0.3, -0.25) is 9.59 Å². The minimum atomic E-state index is -1.79. The molecule has 0 aliphatic carbocycles. The maximum Gasteiger partial charge on any atom is 0.326 e. The van der Waals surface area contributed by atoms with Gasteiger partial charge in [0.15, 0.2) is 0 Å². The number of hydrogen-bond acceptors (Lipinski definition) is 4. The molecule has 0 aromatic heterocycles. The van der Waals surface area contributed by atoms with E-state index in [0.29, 0.717) is 5.56 Å². The number of rotatable bonds is 7. The number of esters is 1. The highest BCUT2D eigenvalue weighted by molar-refractivity contribution is 5.97. The van der Waals surface area contributed by atoms with E-state index in [1.54, 1.807) is 30.3 Å². The molecule has 2 N–H and O–H groups in total. The number of nitrogens with one attached hydrogen (secondary N) is 1. The van der Waals surface area contributed by atoms with Crippen molar-refractivity contribution in [3.8, 4) is 0 Å². The fraction of sp³-hybridized carbons (Fsp3) is 0.167. The van der Waals surface area contributed by atoms with E-state index in [0.717, 1.165) is 0 Å². The first-order valence-corrected chi connectivity index (χ1v) is 7.65. The van der Waals surface area contributed by atoms with Gasteiger partial charge in [0.05, 0.1) is 6.42 Å². The predicted molar refractivity (Wildman–Crippen MR) is 86.1 cm³/mol. The van der Waals surface area contributed by atoms with E-state index < -0.39 is 53.3 Å². The van der Waals surface area contributed by atoms with Gasteiger partial charge >= 0.3 is 11.9 Å². The summed E-state index contributed by atoms with van der Waals surface area (Å²) in [6, 6.07) is 7.33. The molecular weight excluding hydrogens is 367 g/mol. The first-order valence-electron chi connectivity index (χ1n) is 7.65. The Morgan fingerprint density at radius 3 is 2.19 bits per heavy atom. The molecule has 0 heterocycles. The van der Waals surface area contributed by atoms with Crippen molar-refractivity contribution in [3.05, 3.63) is 71.0 Å². The Bertz CT molecular complexity index is 834. The Labute approximate surface area is 151 Å². The van der Waals surface area contributed by atoms with Crippen molar-refractivity contribution in [2.45, 2.75) is 19.1 Å². The Kier molecular flexibility index (Phi) is 6.53. The Morgan fingerprint density at radius 2 is 1.63 bits per heavy atom. The van der Waals surface area contributed by atoms with Crippen molar-refractivity contribution in [2.75, 3.05) is 0 Å². The van der Waals surface area contributed by atoms with Crippen LogP contribution in [0.25, 0.3) is 0 Å². The minimum Gasteiger partial charge on any atom is -0.480 e. The average Bonchev–Trinajstić information content (AvgIpc) is 2.59. The number of aliphatic carboxylic acids is 1. The zero-order chi connectivity index (χ0) is 20.0. The van der Waals surface area contributed by atoms with Crippen molar-refractivity contribution in [2.24, 2.45) is 0 Å². The molecule has 0 spiro atoms. The molecule has 2 rings (SSSR count). The van der Waals surface area contributed by atoms with Gasteiger partial charge < -0.3 is 15.2 Å². The zero-order valence-electron chi connectivity index (χ0n) is 13.7. The summed E-state index contributed by atoms with van der Waals surface area (Å²) in [4.78, 5) is 35.0. The molecule has 2 aromatic carbocycles. The molecule has 27 heavy (non-hydrogen) atoms. The summed E-state index contributed by atoms with van der Waals surface area (Å²) in [7, 11) is 0. The fourth-order valence-electron chi connectivity index (χ4n) is 2.15. The normalized spacial score (nSPS) is 11.5. The van der Waals surface area contributed by atoms with Crippen LogP contribution in [-0.2, 0) is 20.9 Å². The maximum absolute atomic E-state index is 13.6. The van der Waals surface area contributed by atoms with Gasteiger partial charge in [0.1, 0.15) is 35.7 Å². The third-order valence-electron chi connectivity index (χ3n) is 3.45. The van der Waals surface area contributed by atoms with Gasteiger partial charge in [-0.05, 0) is 5.56 Å². The van der Waals surface area contributed by atoms with Crippen LogP contribution in [-0.4, -0.2) is 29.0 Å². The Balaban J connectivity index is 2.02. The largest absolute Gasteiger partial charge is 0.480 e. The van der Waals surface area contributed by atoms with Gasteiger partial charge in [0.2, 0.25) is 0 Å². The molecule has 2 aromatic rings. The molecule has 0 saturated heterocycles. The van der Waals surface area contributed by atoms with Crippen molar-refractivity contribution in [1.82, 2.24) is 5.32 Å². The van der Waals surface area contributed by atoms with Crippen LogP contribution >= 0.6 is 0 Å². The first-order chi connectivity index (χ1) is 12.8. The van der Waals surface area contributed by atoms with Gasteiger partial charge in [0, 0.05) is 12.1 Å². The zero-order valence-corrected chi connectivity index (χ0v) is 13.7. The summed E-state index contributed by atoms with van der Waals surface area (Å²) in [5.74, 6) is -8.22. The van der Waals surface area contributed by atoms with Crippen LogP contribution in [0.2, 0.25) is 0 Å². The molecule has 0 fully saturated rings. The molecule has 0 saturated carbocycles. The minimum absolute atomic E-state index is 0.110. The number of benzene rings is 2. The molecule has 1 atom stereocenters. The summed E-state index contributed by atoms with van der Waals surface area (Å²) >= 11 is 0. The van der Waals surface area contributed by atoms with E-state index in [9.17, 15) is 27.6 Å². The number of hydrogen-bond donors (Lipinski definition) is 2. The SMILES string of the molecule is O=C(C[C@@H](NC(=O)c1c(F)cc(F)cc1F)C(=O)O)OCc1ccccc1. The summed E-state index contributed by atoms with van der Waals surface area (Å²) in [5, 5.41) is 10.9. The molecule has 0 bridgehead atoms. The number of carbonyl (C=O) groups excluding carboxylic acids is 2. The van der Waals surface area contributed by atoms with Crippen LogP contribution in [0.4, 0.5) is 13.2 Å². The quantitative estimate of drug-likeness (QED) is 0.719. The van der Waals surface area contributed by atoms with E-state index in [1.165, 1.54) is 0 Å². The van der Waals surface area contributed by atoms with Crippen LogP contribution in [0.15, 0.2) is 42.5 Å². The lowest BCUT2D eigenvalue weighted by Gasteiger charge is -2.15. The van der Waals surface area contributed by atoms with Gasteiger partial charge in [-0.15, -0.1) is 0 Å². The predicted octanol–water partition coefficient (Wildman–Crippen LogP) is 2.42. The smallest absolute Gasteiger partial charge is 0.326 e. The third kappa shape index (κ3) is 5.56. The highest BCUT2D eigenvalue weighted by Gasteiger charge is 2.27. The second kappa shape index (κ2) is 8.84. The number of amides is 1. The maximum atomic E-state index is 13.6. The first kappa shape index (κ1) is 20.0. The Morgan fingerprint density at radius 1 is 1.04 bits per heavy atom. The molecule has 6 nitrogen and oxygen atoms in total. The lowest BCUT2D eigenvalue weighted by atomic mass is 10.1. The second-order valence-electron chi connectivity index (χ2n) is 5.46. The molecule has 0 aliphatic heterocycles. The average molecular weight is 381 g/mol. The summed E-state index contributed by atoms with van der Waals surface area (Å²) < 4.78 is 45.0. The van der Waals surface area contributed by atoms with Crippen molar-refractivity contribution in [3.63, 3.8) is 0 Å². The second-order valence-corrected chi connectivity index (χ2v) is 5.46. The number of carboxylic acid groups (broad SMARTS) is 1. The standard InChI is InChI=1S/C18H14F3NO5/c19-11-6-12(20)16(13(21)7-11)17(24)22-14(18(25)26)8-15(23)27-9-10-4-2-1-3-5-10/h1-7,14H,8-9H2,(H,22,24)(H,25,26)/t14-/m1/s1. The van der Waals surface area contributed by atoms with E-state index in [1.807, 2.05) is 5.32 Å². The molecule has 142 valence electrons. The lowest BCUT2D eigenvalue weighted by Crippen LogP contribution is -2.43. The van der Waals surface area contributed by atoms with Crippen molar-refractivity contribution >= 4 is 17.8 Å². The van der Waals surface area contributed by atoms with E-state index in [4.69, 9.17) is 9.84 Å². The van der Waals surface area contributed by atoms with E-state index >= 15 is 0 Å². The molecule has 0 radical (unpaired) electrons. The number of ether oxygens (including phenoxy) is 1. The summed E-state index contributed by atoms with van der Waals surface area (Å²) in [6.45, 7) is -0.110. The number of halogens is 3. The number of carbonyl (C=O) groups is 3. The van der Waals surface area contributed by atoms with Crippen LogP contribution < -0.4 is 5.32 Å². The molecule has 1 amide bonds. The highest BCUT2D eigenvalue weighted by Crippen LogP contribution is 2.15. The van der Waals surface area contributed by atoms with Crippen molar-refractivity contribution < 1.29 is 37.4 Å². The van der Waals surface area contributed by atoms with Crippen LogP contribution in [0.3, 0.4) is 0 Å². The van der Waals surface area contributed by atoms with Gasteiger partial charge in [-0.1, -0.05) is 30.3 Å². The Hall–Kier alpha value is -3.36. The van der Waals surface area contributed by atoms with Crippen LogP contribution in [0, 0.1) is 17.5 Å². The van der Waals surface area contributed by atoms with E-state index in [-0.39, 0.29) is 18.7 Å². The number of carboxylic acids is 1. The lowest BCUT2D eigenvalue weighted by molar-refractivity contribution is -0.150.